The van der Waals surface area contributed by atoms with Crippen molar-refractivity contribution in [2.45, 2.75) is 13.3 Å². The predicted octanol–water partition coefficient (Wildman–Crippen LogP) is 3.10. The molecule has 0 unspecified atom stereocenters. The second-order valence-electron chi connectivity index (χ2n) is 2.59. The van der Waals surface area contributed by atoms with Crippen molar-refractivity contribution in [2.24, 2.45) is 5.16 Å². The Morgan fingerprint density at radius 2 is 2.23 bits per heavy atom. The fourth-order valence-corrected chi connectivity index (χ4v) is 1.00. The van der Waals surface area contributed by atoms with Crippen LogP contribution in [0, 0.1) is 0 Å². The number of halogens is 1. The highest BCUT2D eigenvalue weighted by Gasteiger charge is 1.93. The highest BCUT2D eigenvalue weighted by molar-refractivity contribution is 6.33. The molecule has 0 saturated carbocycles. The van der Waals surface area contributed by atoms with Gasteiger partial charge in [0.05, 0.1) is 6.21 Å². The molecule has 3 heteroatoms. The zero-order chi connectivity index (χ0) is 9.52. The standard InChI is InChI=1S/C10H12ClNO/c1-2-7-13-12-8-9-5-3-4-6-10(9)11/h3-6,8H,2,7H2,1H3. The van der Waals surface area contributed by atoms with Gasteiger partial charge in [0, 0.05) is 10.6 Å². The van der Waals surface area contributed by atoms with Crippen molar-refractivity contribution in [3.05, 3.63) is 34.9 Å². The van der Waals surface area contributed by atoms with E-state index in [1.807, 2.05) is 31.2 Å². The van der Waals surface area contributed by atoms with Gasteiger partial charge in [-0.15, -0.1) is 0 Å². The van der Waals surface area contributed by atoms with Gasteiger partial charge < -0.3 is 4.84 Å². The molecule has 0 bridgehead atoms. The molecule has 0 aliphatic heterocycles. The summed E-state index contributed by atoms with van der Waals surface area (Å²) in [5, 5.41) is 4.47. The van der Waals surface area contributed by atoms with Crippen LogP contribution < -0.4 is 0 Å². The van der Waals surface area contributed by atoms with Crippen LogP contribution >= 0.6 is 11.6 Å². The van der Waals surface area contributed by atoms with Gasteiger partial charge >= 0.3 is 0 Å². The average Bonchev–Trinajstić information content (AvgIpc) is 2.15. The van der Waals surface area contributed by atoms with Gasteiger partial charge in [-0.05, 0) is 12.5 Å². The molecule has 0 saturated heterocycles. The van der Waals surface area contributed by atoms with Crippen LogP contribution in [0.5, 0.6) is 0 Å². The van der Waals surface area contributed by atoms with Gasteiger partial charge in [-0.25, -0.2) is 0 Å². The molecule has 70 valence electrons. The van der Waals surface area contributed by atoms with E-state index in [4.69, 9.17) is 16.4 Å². The van der Waals surface area contributed by atoms with Crippen LogP contribution in [0.15, 0.2) is 29.4 Å². The molecule has 0 aliphatic rings. The summed E-state index contributed by atoms with van der Waals surface area (Å²) in [5.74, 6) is 0. The second-order valence-corrected chi connectivity index (χ2v) is 3.00. The molecule has 0 amide bonds. The first-order valence-electron chi connectivity index (χ1n) is 4.24. The van der Waals surface area contributed by atoms with E-state index in [2.05, 4.69) is 5.16 Å². The van der Waals surface area contributed by atoms with Crippen molar-refractivity contribution in [1.82, 2.24) is 0 Å². The minimum Gasteiger partial charge on any atom is -0.396 e. The highest BCUT2D eigenvalue weighted by Crippen LogP contribution is 2.12. The normalized spacial score (nSPS) is 10.6. The maximum absolute atomic E-state index is 5.89. The zero-order valence-corrected chi connectivity index (χ0v) is 8.29. The Morgan fingerprint density at radius 1 is 1.46 bits per heavy atom. The predicted molar refractivity (Wildman–Crippen MR) is 55.3 cm³/mol. The van der Waals surface area contributed by atoms with Gasteiger partial charge in [0.2, 0.25) is 0 Å². The summed E-state index contributed by atoms with van der Waals surface area (Å²) in [7, 11) is 0. The summed E-state index contributed by atoms with van der Waals surface area (Å²) < 4.78 is 0. The summed E-state index contributed by atoms with van der Waals surface area (Å²) in [6.07, 6.45) is 2.58. The Labute approximate surface area is 83.2 Å². The lowest BCUT2D eigenvalue weighted by Crippen LogP contribution is -1.87. The molecule has 0 radical (unpaired) electrons. The molecule has 1 rings (SSSR count). The summed E-state index contributed by atoms with van der Waals surface area (Å²) in [4.78, 5) is 4.95. The minimum atomic E-state index is 0.640. The van der Waals surface area contributed by atoms with Crippen molar-refractivity contribution in [3.63, 3.8) is 0 Å². The summed E-state index contributed by atoms with van der Waals surface area (Å²) in [5.41, 5.74) is 0.875. The lowest BCUT2D eigenvalue weighted by molar-refractivity contribution is 0.146. The summed E-state index contributed by atoms with van der Waals surface area (Å²) in [6.45, 7) is 2.67. The van der Waals surface area contributed by atoms with E-state index in [1.165, 1.54) is 0 Å². The van der Waals surface area contributed by atoms with Gasteiger partial charge in [-0.3, -0.25) is 0 Å². The third kappa shape index (κ3) is 3.47. The van der Waals surface area contributed by atoms with Crippen LogP contribution in [-0.2, 0) is 4.84 Å². The molecule has 0 N–H and O–H groups in total. The third-order valence-electron chi connectivity index (χ3n) is 1.47. The van der Waals surface area contributed by atoms with Gasteiger partial charge in [0.25, 0.3) is 0 Å². The minimum absolute atomic E-state index is 0.640. The van der Waals surface area contributed by atoms with E-state index in [9.17, 15) is 0 Å². The van der Waals surface area contributed by atoms with E-state index in [1.54, 1.807) is 6.21 Å². The van der Waals surface area contributed by atoms with Crippen LogP contribution in [0.2, 0.25) is 5.02 Å². The number of nitrogens with zero attached hydrogens (tertiary/aromatic N) is 1. The van der Waals surface area contributed by atoms with Crippen LogP contribution in [0.4, 0.5) is 0 Å². The van der Waals surface area contributed by atoms with Crippen molar-refractivity contribution in [1.29, 1.82) is 0 Å². The Morgan fingerprint density at radius 3 is 2.92 bits per heavy atom. The van der Waals surface area contributed by atoms with Crippen LogP contribution in [0.25, 0.3) is 0 Å². The molecule has 0 fully saturated rings. The van der Waals surface area contributed by atoms with Crippen molar-refractivity contribution in [3.8, 4) is 0 Å². The fraction of sp³-hybridized carbons (Fsp3) is 0.300. The Kier molecular flexibility index (Phi) is 4.33. The molecule has 2 nitrogen and oxygen atoms in total. The molecule has 1 aromatic carbocycles. The molecule has 13 heavy (non-hydrogen) atoms. The number of oxime groups is 1. The Hall–Kier alpha value is -1.02. The molecule has 0 aromatic heterocycles. The smallest absolute Gasteiger partial charge is 0.116 e. The van der Waals surface area contributed by atoms with E-state index >= 15 is 0 Å². The molecular weight excluding hydrogens is 186 g/mol. The van der Waals surface area contributed by atoms with E-state index in [0.29, 0.717) is 11.6 Å². The lowest BCUT2D eigenvalue weighted by Gasteiger charge is -1.96. The fourth-order valence-electron chi connectivity index (χ4n) is 0.818. The molecular formula is C10H12ClNO. The molecule has 0 atom stereocenters. The Balaban J connectivity index is 2.53. The third-order valence-corrected chi connectivity index (χ3v) is 1.81. The first kappa shape index (κ1) is 10.1. The number of benzene rings is 1. The van der Waals surface area contributed by atoms with Gasteiger partial charge in [-0.1, -0.05) is 41.9 Å². The SMILES string of the molecule is CCCON=Cc1ccccc1Cl. The maximum atomic E-state index is 5.89. The Bertz CT molecular complexity index is 286. The van der Waals surface area contributed by atoms with E-state index in [-0.39, 0.29) is 0 Å². The molecule has 0 spiro atoms. The molecule has 0 aliphatic carbocycles. The quantitative estimate of drug-likeness (QED) is 0.413. The monoisotopic (exact) mass is 197 g/mol. The van der Waals surface area contributed by atoms with Crippen molar-refractivity contribution in [2.75, 3.05) is 6.61 Å². The zero-order valence-electron chi connectivity index (χ0n) is 7.53. The number of hydrogen-bond donors (Lipinski definition) is 0. The van der Waals surface area contributed by atoms with E-state index in [0.717, 1.165) is 12.0 Å². The van der Waals surface area contributed by atoms with Crippen LogP contribution in [0.1, 0.15) is 18.9 Å². The van der Waals surface area contributed by atoms with E-state index < -0.39 is 0 Å². The summed E-state index contributed by atoms with van der Waals surface area (Å²) in [6, 6.07) is 7.50. The first-order valence-corrected chi connectivity index (χ1v) is 4.62. The maximum Gasteiger partial charge on any atom is 0.116 e. The first-order chi connectivity index (χ1) is 6.34. The number of hydrogen-bond acceptors (Lipinski definition) is 2. The number of rotatable bonds is 4. The van der Waals surface area contributed by atoms with Gasteiger partial charge in [-0.2, -0.15) is 0 Å². The molecule has 1 aromatic rings. The van der Waals surface area contributed by atoms with Crippen molar-refractivity contribution < 1.29 is 4.84 Å². The second kappa shape index (κ2) is 5.60. The van der Waals surface area contributed by atoms with Gasteiger partial charge in [0.1, 0.15) is 6.61 Å². The largest absolute Gasteiger partial charge is 0.396 e. The molecule has 0 heterocycles. The van der Waals surface area contributed by atoms with Crippen molar-refractivity contribution >= 4 is 17.8 Å². The highest BCUT2D eigenvalue weighted by atomic mass is 35.5. The summed E-state index contributed by atoms with van der Waals surface area (Å²) >= 11 is 5.89. The lowest BCUT2D eigenvalue weighted by atomic mass is 10.2. The van der Waals surface area contributed by atoms with Gasteiger partial charge in [0.15, 0.2) is 0 Å². The van der Waals surface area contributed by atoms with Crippen LogP contribution in [-0.4, -0.2) is 12.8 Å². The topological polar surface area (TPSA) is 21.6 Å². The van der Waals surface area contributed by atoms with Crippen LogP contribution in [0.3, 0.4) is 0 Å². The average molecular weight is 198 g/mol.